The summed E-state index contributed by atoms with van der Waals surface area (Å²) in [4.78, 5) is 30.2. The van der Waals surface area contributed by atoms with E-state index in [2.05, 4.69) is 15.3 Å². The molecule has 1 aliphatic carbocycles. The van der Waals surface area contributed by atoms with Crippen LogP contribution >= 0.6 is 11.3 Å². The zero-order valence-corrected chi connectivity index (χ0v) is 16.7. The molecular weight excluding hydrogens is 414 g/mol. The SMILES string of the molecule is Cc1nc(CN2CC3CN(C(=O)C4CC(F)C4)CC3C2)cs1.O=C(O)C(F)(F)F. The van der Waals surface area contributed by atoms with Crippen molar-refractivity contribution < 1.29 is 32.3 Å². The van der Waals surface area contributed by atoms with Gasteiger partial charge in [-0.2, -0.15) is 13.2 Å². The summed E-state index contributed by atoms with van der Waals surface area (Å²) in [5.74, 6) is -1.42. The number of aromatic nitrogens is 1. The number of carboxylic acids is 1. The number of aryl methyl sites for hydroxylation is 1. The van der Waals surface area contributed by atoms with E-state index in [1.54, 1.807) is 11.3 Å². The van der Waals surface area contributed by atoms with Crippen LogP contribution in [-0.2, 0) is 16.1 Å². The van der Waals surface area contributed by atoms with Crippen LogP contribution in [0, 0.1) is 24.7 Å². The number of rotatable bonds is 3. The topological polar surface area (TPSA) is 73.7 Å². The maximum atomic E-state index is 12.9. The summed E-state index contributed by atoms with van der Waals surface area (Å²) in [7, 11) is 0. The zero-order chi connectivity index (χ0) is 21.3. The molecular formula is C18H23F4N3O3S. The minimum Gasteiger partial charge on any atom is -0.475 e. The third-order valence-corrected chi connectivity index (χ3v) is 6.42. The minimum absolute atomic E-state index is 0.0390. The molecule has 1 aromatic rings. The second kappa shape index (κ2) is 8.55. The summed E-state index contributed by atoms with van der Waals surface area (Å²) in [5.41, 5.74) is 1.17. The first-order chi connectivity index (χ1) is 13.5. The molecule has 1 saturated carbocycles. The molecule has 1 N–H and O–H groups in total. The highest BCUT2D eigenvalue weighted by atomic mass is 32.1. The van der Waals surface area contributed by atoms with Gasteiger partial charge in [-0.25, -0.2) is 14.2 Å². The second-order valence-corrected chi connectivity index (χ2v) is 8.95. The number of halogens is 4. The lowest BCUT2D eigenvalue weighted by molar-refractivity contribution is -0.192. The van der Waals surface area contributed by atoms with Crippen molar-refractivity contribution in [3.8, 4) is 0 Å². The molecule has 1 amide bonds. The van der Waals surface area contributed by atoms with Crippen molar-refractivity contribution in [1.82, 2.24) is 14.8 Å². The molecule has 2 aliphatic heterocycles. The molecule has 0 spiro atoms. The Morgan fingerprint density at radius 2 is 1.76 bits per heavy atom. The Morgan fingerprint density at radius 1 is 1.21 bits per heavy atom. The number of likely N-dealkylation sites (tertiary alicyclic amines) is 2. The van der Waals surface area contributed by atoms with Gasteiger partial charge in [-0.3, -0.25) is 9.69 Å². The number of carbonyl (C=O) groups excluding carboxylic acids is 1. The van der Waals surface area contributed by atoms with E-state index in [0.717, 1.165) is 37.7 Å². The Balaban J connectivity index is 0.000000298. The molecule has 0 bridgehead atoms. The molecule has 2 saturated heterocycles. The fourth-order valence-corrected chi connectivity index (χ4v) is 4.72. The molecule has 29 heavy (non-hydrogen) atoms. The summed E-state index contributed by atoms with van der Waals surface area (Å²) in [6.45, 7) is 6.81. The number of hydrogen-bond donors (Lipinski definition) is 1. The van der Waals surface area contributed by atoms with E-state index in [1.807, 2.05) is 11.8 Å². The first kappa shape index (κ1) is 21.9. The quantitative estimate of drug-likeness (QED) is 0.737. The number of nitrogens with zero attached hydrogens (tertiary/aromatic N) is 3. The van der Waals surface area contributed by atoms with E-state index in [0.29, 0.717) is 24.7 Å². The predicted molar refractivity (Wildman–Crippen MR) is 97.0 cm³/mol. The van der Waals surface area contributed by atoms with Crippen LogP contribution in [0.15, 0.2) is 5.38 Å². The van der Waals surface area contributed by atoms with Crippen LogP contribution in [0.25, 0.3) is 0 Å². The molecule has 2 atom stereocenters. The van der Waals surface area contributed by atoms with Crippen molar-refractivity contribution in [1.29, 1.82) is 0 Å². The summed E-state index contributed by atoms with van der Waals surface area (Å²) >= 11 is 1.70. The van der Waals surface area contributed by atoms with Gasteiger partial charge in [-0.15, -0.1) is 11.3 Å². The number of alkyl halides is 4. The lowest BCUT2D eigenvalue weighted by Gasteiger charge is -2.32. The van der Waals surface area contributed by atoms with E-state index in [9.17, 15) is 22.4 Å². The van der Waals surface area contributed by atoms with Crippen molar-refractivity contribution in [3.05, 3.63) is 16.1 Å². The van der Waals surface area contributed by atoms with Gasteiger partial charge in [0.25, 0.3) is 0 Å². The molecule has 4 rings (SSSR count). The fraction of sp³-hybridized carbons (Fsp3) is 0.722. The first-order valence-corrected chi connectivity index (χ1v) is 10.3. The molecule has 6 nitrogen and oxygen atoms in total. The molecule has 3 aliphatic rings. The van der Waals surface area contributed by atoms with Gasteiger partial charge < -0.3 is 10.0 Å². The van der Waals surface area contributed by atoms with E-state index in [-0.39, 0.29) is 11.8 Å². The molecule has 0 radical (unpaired) electrons. The van der Waals surface area contributed by atoms with Crippen LogP contribution < -0.4 is 0 Å². The number of hydrogen-bond acceptors (Lipinski definition) is 5. The smallest absolute Gasteiger partial charge is 0.475 e. The minimum atomic E-state index is -5.08. The number of aliphatic carboxylic acids is 1. The summed E-state index contributed by atoms with van der Waals surface area (Å²) in [5, 5.41) is 10.4. The molecule has 11 heteroatoms. The Bertz CT molecular complexity index is 737. The molecule has 3 heterocycles. The van der Waals surface area contributed by atoms with Crippen molar-refractivity contribution >= 4 is 23.2 Å². The maximum absolute atomic E-state index is 12.9. The largest absolute Gasteiger partial charge is 0.490 e. The average Bonchev–Trinajstić information content (AvgIpc) is 3.26. The highest BCUT2D eigenvalue weighted by molar-refractivity contribution is 7.09. The third-order valence-electron chi connectivity index (χ3n) is 5.60. The predicted octanol–water partition coefficient (Wildman–Crippen LogP) is 2.72. The molecule has 162 valence electrons. The van der Waals surface area contributed by atoms with E-state index < -0.39 is 18.3 Å². The maximum Gasteiger partial charge on any atom is 0.490 e. The van der Waals surface area contributed by atoms with Crippen LogP contribution in [0.1, 0.15) is 23.5 Å². The highest BCUT2D eigenvalue weighted by Gasteiger charge is 2.45. The summed E-state index contributed by atoms with van der Waals surface area (Å²) in [6.07, 6.45) is -4.94. The highest BCUT2D eigenvalue weighted by Crippen LogP contribution is 2.36. The lowest BCUT2D eigenvalue weighted by atomic mass is 9.82. The second-order valence-electron chi connectivity index (χ2n) is 7.88. The van der Waals surface area contributed by atoms with Gasteiger partial charge in [-0.1, -0.05) is 0 Å². The number of carbonyl (C=O) groups is 2. The Kier molecular flexibility index (Phi) is 6.47. The molecule has 0 aromatic carbocycles. The van der Waals surface area contributed by atoms with Gasteiger partial charge in [0, 0.05) is 44.0 Å². The lowest BCUT2D eigenvalue weighted by Crippen LogP contribution is -2.42. The van der Waals surface area contributed by atoms with Crippen LogP contribution in [0.2, 0.25) is 0 Å². The number of amides is 1. The molecule has 2 unspecified atom stereocenters. The number of fused-ring (bicyclic) bond motifs is 1. The van der Waals surface area contributed by atoms with Crippen LogP contribution in [0.3, 0.4) is 0 Å². The van der Waals surface area contributed by atoms with Gasteiger partial charge in [0.05, 0.1) is 10.7 Å². The van der Waals surface area contributed by atoms with Crippen molar-refractivity contribution in [2.75, 3.05) is 26.2 Å². The summed E-state index contributed by atoms with van der Waals surface area (Å²) < 4.78 is 44.7. The van der Waals surface area contributed by atoms with E-state index >= 15 is 0 Å². The van der Waals surface area contributed by atoms with Gasteiger partial charge in [0.15, 0.2) is 0 Å². The Morgan fingerprint density at radius 3 is 2.17 bits per heavy atom. The van der Waals surface area contributed by atoms with Gasteiger partial charge in [0.2, 0.25) is 5.91 Å². The monoisotopic (exact) mass is 437 g/mol. The van der Waals surface area contributed by atoms with E-state index in [4.69, 9.17) is 9.90 Å². The van der Waals surface area contributed by atoms with Crippen molar-refractivity contribution in [3.63, 3.8) is 0 Å². The standard InChI is InChI=1S/C16H22FN3OS.C2HF3O2/c1-10-18-15(9-22-10)8-19-4-12-6-20(7-13(12)5-19)16(21)11-2-14(17)3-11;3-2(4,5)1(6)7/h9,11-14H,2-8H2,1H3;(H,6,7). The van der Waals surface area contributed by atoms with Crippen molar-refractivity contribution in [2.45, 2.75) is 38.7 Å². The summed E-state index contributed by atoms with van der Waals surface area (Å²) in [6, 6.07) is 0. The number of carboxylic acid groups (broad SMARTS) is 1. The van der Waals surface area contributed by atoms with Gasteiger partial charge in [0.1, 0.15) is 6.17 Å². The van der Waals surface area contributed by atoms with Crippen LogP contribution in [0.5, 0.6) is 0 Å². The zero-order valence-electron chi connectivity index (χ0n) is 15.9. The normalized spacial score (nSPS) is 29.1. The van der Waals surface area contributed by atoms with Gasteiger partial charge in [-0.05, 0) is 31.6 Å². The van der Waals surface area contributed by atoms with Gasteiger partial charge >= 0.3 is 12.1 Å². The average molecular weight is 437 g/mol. The molecule has 1 aromatic heterocycles. The van der Waals surface area contributed by atoms with Crippen molar-refractivity contribution in [2.24, 2.45) is 17.8 Å². The number of thiazole rings is 1. The third kappa shape index (κ3) is 5.44. The molecule has 3 fully saturated rings. The van der Waals surface area contributed by atoms with Crippen LogP contribution in [-0.4, -0.2) is 70.3 Å². The van der Waals surface area contributed by atoms with E-state index in [1.165, 1.54) is 5.69 Å². The fourth-order valence-electron chi connectivity index (χ4n) is 4.12. The van der Waals surface area contributed by atoms with Crippen LogP contribution in [0.4, 0.5) is 17.6 Å². The Hall–Kier alpha value is -1.75. The Labute approximate surface area is 169 Å². The first-order valence-electron chi connectivity index (χ1n) is 9.39.